The fourth-order valence-electron chi connectivity index (χ4n) is 2.16. The number of carboxylic acids is 1. The summed E-state index contributed by atoms with van der Waals surface area (Å²) in [5.41, 5.74) is 1.90. The Morgan fingerprint density at radius 2 is 1.70 bits per heavy atom. The second kappa shape index (κ2) is 7.39. The van der Waals surface area contributed by atoms with Crippen LogP contribution >= 0.6 is 0 Å². The molecule has 0 aliphatic rings. The second-order valence-electron chi connectivity index (χ2n) is 5.35. The second-order valence-corrected chi connectivity index (χ2v) is 7.06. The van der Waals surface area contributed by atoms with Crippen molar-refractivity contribution >= 4 is 16.0 Å². The van der Waals surface area contributed by atoms with E-state index in [0.717, 1.165) is 11.1 Å². The molecule has 0 aliphatic carbocycles. The first-order chi connectivity index (χ1) is 10.9. The zero-order chi connectivity index (χ0) is 16.9. The van der Waals surface area contributed by atoms with Crippen LogP contribution in [0.25, 0.3) is 0 Å². The van der Waals surface area contributed by atoms with Crippen LogP contribution in [0.2, 0.25) is 0 Å². The molecular weight excluding hydrogens is 314 g/mol. The van der Waals surface area contributed by atoms with Crippen LogP contribution < -0.4 is 4.72 Å². The largest absolute Gasteiger partial charge is 0.480 e. The van der Waals surface area contributed by atoms with E-state index in [-0.39, 0.29) is 11.3 Å². The van der Waals surface area contributed by atoms with E-state index in [1.807, 2.05) is 37.3 Å². The van der Waals surface area contributed by atoms with Crippen LogP contribution in [-0.2, 0) is 21.2 Å². The minimum absolute atomic E-state index is 0.0639. The zero-order valence-electron chi connectivity index (χ0n) is 12.8. The summed E-state index contributed by atoms with van der Waals surface area (Å²) in [7, 11) is -3.86. The molecule has 0 aliphatic heterocycles. The number of rotatable bonds is 7. The third-order valence-corrected chi connectivity index (χ3v) is 4.98. The van der Waals surface area contributed by atoms with E-state index in [2.05, 4.69) is 4.72 Å². The minimum Gasteiger partial charge on any atom is -0.480 e. The third kappa shape index (κ3) is 4.91. The van der Waals surface area contributed by atoms with Crippen molar-refractivity contribution in [3.05, 3.63) is 65.7 Å². The first kappa shape index (κ1) is 17.2. The highest BCUT2D eigenvalue weighted by molar-refractivity contribution is 7.89. The molecule has 2 aromatic rings. The maximum Gasteiger partial charge on any atom is 0.321 e. The van der Waals surface area contributed by atoms with E-state index >= 15 is 0 Å². The smallest absolute Gasteiger partial charge is 0.321 e. The Balaban J connectivity index is 2.09. The lowest BCUT2D eigenvalue weighted by Crippen LogP contribution is -2.41. The molecule has 122 valence electrons. The van der Waals surface area contributed by atoms with Crippen molar-refractivity contribution in [3.63, 3.8) is 0 Å². The molecule has 0 fully saturated rings. The number of sulfonamides is 1. The van der Waals surface area contributed by atoms with Gasteiger partial charge in [0.25, 0.3) is 0 Å². The number of carboxylic acid groups (broad SMARTS) is 1. The highest BCUT2D eigenvalue weighted by atomic mass is 32.2. The van der Waals surface area contributed by atoms with E-state index in [4.69, 9.17) is 0 Å². The molecule has 2 N–H and O–H groups in total. The number of benzene rings is 2. The molecule has 0 unspecified atom stereocenters. The van der Waals surface area contributed by atoms with Gasteiger partial charge in [0, 0.05) is 0 Å². The Kier molecular flexibility index (Phi) is 5.52. The van der Waals surface area contributed by atoms with Crippen LogP contribution in [-0.4, -0.2) is 25.5 Å². The normalized spacial score (nSPS) is 12.7. The maximum absolute atomic E-state index is 12.3. The number of aliphatic carboxylic acids is 1. The number of nitrogens with one attached hydrogen (secondary N) is 1. The van der Waals surface area contributed by atoms with Gasteiger partial charge in [-0.15, -0.1) is 0 Å². The SMILES string of the molecule is Cc1ccc(S(=O)(=O)N[C@H](CCc2ccccc2)C(=O)O)cc1. The molecule has 5 nitrogen and oxygen atoms in total. The van der Waals surface area contributed by atoms with E-state index in [9.17, 15) is 18.3 Å². The van der Waals surface area contributed by atoms with Crippen LogP contribution in [0.15, 0.2) is 59.5 Å². The molecule has 0 aromatic heterocycles. The lowest BCUT2D eigenvalue weighted by molar-refractivity contribution is -0.139. The van der Waals surface area contributed by atoms with Gasteiger partial charge in [0.2, 0.25) is 10.0 Å². The van der Waals surface area contributed by atoms with Gasteiger partial charge in [0.05, 0.1) is 4.90 Å². The summed E-state index contributed by atoms with van der Waals surface area (Å²) in [4.78, 5) is 11.4. The molecule has 0 radical (unpaired) electrons. The standard InChI is InChI=1S/C17H19NO4S/c1-13-7-10-15(11-8-13)23(21,22)18-16(17(19)20)12-9-14-5-3-2-4-6-14/h2-8,10-11,16,18H,9,12H2,1H3,(H,19,20)/t16-/m1/s1. The summed E-state index contributed by atoms with van der Waals surface area (Å²) in [6.07, 6.45) is 0.665. The molecule has 0 amide bonds. The molecule has 2 rings (SSSR count). The fraction of sp³-hybridized carbons (Fsp3) is 0.235. The minimum atomic E-state index is -3.86. The van der Waals surface area contributed by atoms with Crippen molar-refractivity contribution < 1.29 is 18.3 Å². The molecule has 1 atom stereocenters. The molecule has 0 heterocycles. The van der Waals surface area contributed by atoms with Gasteiger partial charge in [-0.2, -0.15) is 4.72 Å². The molecule has 0 bridgehead atoms. The van der Waals surface area contributed by atoms with Crippen molar-refractivity contribution in [2.75, 3.05) is 0 Å². The Labute approximate surface area is 136 Å². The highest BCUT2D eigenvalue weighted by Crippen LogP contribution is 2.12. The fourth-order valence-corrected chi connectivity index (χ4v) is 3.38. The molecule has 23 heavy (non-hydrogen) atoms. The van der Waals surface area contributed by atoms with Gasteiger partial charge >= 0.3 is 5.97 Å². The number of hydrogen-bond donors (Lipinski definition) is 2. The highest BCUT2D eigenvalue weighted by Gasteiger charge is 2.25. The zero-order valence-corrected chi connectivity index (χ0v) is 13.6. The van der Waals surface area contributed by atoms with Crippen LogP contribution in [0.4, 0.5) is 0 Å². The summed E-state index contributed by atoms with van der Waals surface area (Å²) in [5.74, 6) is -1.18. The summed E-state index contributed by atoms with van der Waals surface area (Å²) in [6, 6.07) is 14.5. The first-order valence-corrected chi connectivity index (χ1v) is 8.72. The predicted octanol–water partition coefficient (Wildman–Crippen LogP) is 2.36. The summed E-state index contributed by atoms with van der Waals surface area (Å²) in [5, 5.41) is 9.28. The maximum atomic E-state index is 12.3. The predicted molar refractivity (Wildman–Crippen MR) is 87.7 cm³/mol. The summed E-state index contributed by atoms with van der Waals surface area (Å²) >= 11 is 0. The van der Waals surface area contributed by atoms with Crippen LogP contribution in [0.5, 0.6) is 0 Å². The molecule has 2 aromatic carbocycles. The van der Waals surface area contributed by atoms with Gasteiger partial charge in [-0.1, -0.05) is 48.0 Å². The molecule has 6 heteroatoms. The van der Waals surface area contributed by atoms with Gasteiger partial charge in [-0.3, -0.25) is 4.79 Å². The lowest BCUT2D eigenvalue weighted by Gasteiger charge is -2.15. The van der Waals surface area contributed by atoms with E-state index in [0.29, 0.717) is 6.42 Å². The topological polar surface area (TPSA) is 83.5 Å². The molecule has 0 saturated carbocycles. The van der Waals surface area contributed by atoms with Gasteiger partial charge in [0.15, 0.2) is 0 Å². The van der Waals surface area contributed by atoms with E-state index in [1.54, 1.807) is 12.1 Å². The van der Waals surface area contributed by atoms with Crippen molar-refractivity contribution in [2.45, 2.75) is 30.7 Å². The van der Waals surface area contributed by atoms with Crippen LogP contribution in [0.3, 0.4) is 0 Å². The first-order valence-electron chi connectivity index (χ1n) is 7.24. The van der Waals surface area contributed by atoms with Crippen molar-refractivity contribution in [1.82, 2.24) is 4.72 Å². The van der Waals surface area contributed by atoms with Crippen molar-refractivity contribution in [1.29, 1.82) is 0 Å². The molecule has 0 spiro atoms. The van der Waals surface area contributed by atoms with Crippen molar-refractivity contribution in [2.24, 2.45) is 0 Å². The average Bonchev–Trinajstić information content (AvgIpc) is 2.52. The molecule has 0 saturated heterocycles. The number of aryl methyl sites for hydroxylation is 2. The van der Waals surface area contributed by atoms with Crippen LogP contribution in [0.1, 0.15) is 17.5 Å². The average molecular weight is 333 g/mol. The lowest BCUT2D eigenvalue weighted by atomic mass is 10.1. The van der Waals surface area contributed by atoms with Gasteiger partial charge in [-0.05, 0) is 37.5 Å². The molecular formula is C17H19NO4S. The van der Waals surface area contributed by atoms with E-state index in [1.165, 1.54) is 12.1 Å². The van der Waals surface area contributed by atoms with Crippen molar-refractivity contribution in [3.8, 4) is 0 Å². The third-order valence-electron chi connectivity index (χ3n) is 3.49. The van der Waals surface area contributed by atoms with Gasteiger partial charge in [0.1, 0.15) is 6.04 Å². The summed E-state index contributed by atoms with van der Waals surface area (Å²) < 4.78 is 26.9. The quantitative estimate of drug-likeness (QED) is 0.815. The Bertz CT molecular complexity index is 755. The number of carbonyl (C=O) groups is 1. The Morgan fingerprint density at radius 3 is 2.26 bits per heavy atom. The monoisotopic (exact) mass is 333 g/mol. The Hall–Kier alpha value is -2.18. The number of hydrogen-bond acceptors (Lipinski definition) is 3. The Morgan fingerprint density at radius 1 is 1.09 bits per heavy atom. The summed E-state index contributed by atoms with van der Waals surface area (Å²) in [6.45, 7) is 1.85. The van der Waals surface area contributed by atoms with E-state index < -0.39 is 22.0 Å². The van der Waals surface area contributed by atoms with Gasteiger partial charge in [-0.25, -0.2) is 8.42 Å². The van der Waals surface area contributed by atoms with Crippen LogP contribution in [0, 0.1) is 6.92 Å². The van der Waals surface area contributed by atoms with Gasteiger partial charge < -0.3 is 5.11 Å².